The SMILES string of the molecule is COCC(Oc1cc(C=C2SC(=S)N(CC(=O)O)C2=O)ccc1OC[C@@H](C)c1ccccc1)c1ccccc1. The lowest BCUT2D eigenvalue weighted by Gasteiger charge is -2.22. The van der Waals surface area contributed by atoms with E-state index in [0.717, 1.165) is 22.2 Å². The third-order valence-corrected chi connectivity index (χ3v) is 7.43. The number of nitrogens with zero attached hydrogens (tertiary/aromatic N) is 1. The maximum Gasteiger partial charge on any atom is 0.323 e. The van der Waals surface area contributed by atoms with Crippen molar-refractivity contribution in [3.63, 3.8) is 0 Å². The van der Waals surface area contributed by atoms with Crippen molar-refractivity contribution in [1.82, 2.24) is 4.90 Å². The molecule has 0 aliphatic carbocycles. The van der Waals surface area contributed by atoms with Crippen molar-refractivity contribution in [2.24, 2.45) is 0 Å². The Bertz CT molecular complexity index is 1350. The number of carboxylic acid groups (broad SMARTS) is 1. The Morgan fingerprint density at radius 1 is 1.00 bits per heavy atom. The predicted molar refractivity (Wildman–Crippen MR) is 156 cm³/mol. The molecule has 1 unspecified atom stereocenters. The number of thioether (sulfide) groups is 1. The fourth-order valence-corrected chi connectivity index (χ4v) is 5.27. The first-order valence-electron chi connectivity index (χ1n) is 12.3. The summed E-state index contributed by atoms with van der Waals surface area (Å²) in [5, 5.41) is 9.11. The number of aliphatic carboxylic acids is 1. The fourth-order valence-electron chi connectivity index (χ4n) is 4.01. The van der Waals surface area contributed by atoms with Gasteiger partial charge in [-0.25, -0.2) is 0 Å². The van der Waals surface area contributed by atoms with Gasteiger partial charge in [0.05, 0.1) is 18.1 Å². The quantitative estimate of drug-likeness (QED) is 0.215. The molecule has 1 aliphatic heterocycles. The van der Waals surface area contributed by atoms with Crippen LogP contribution in [0.25, 0.3) is 6.08 Å². The van der Waals surface area contributed by atoms with Crippen LogP contribution in [-0.4, -0.2) is 53.1 Å². The van der Waals surface area contributed by atoms with Crippen LogP contribution in [0.15, 0.2) is 83.8 Å². The van der Waals surface area contributed by atoms with Crippen molar-refractivity contribution in [2.75, 3.05) is 26.9 Å². The zero-order valence-corrected chi connectivity index (χ0v) is 23.2. The molecule has 3 aromatic rings. The number of carbonyl (C=O) groups excluding carboxylic acids is 1. The highest BCUT2D eigenvalue weighted by Gasteiger charge is 2.33. The van der Waals surface area contributed by atoms with Gasteiger partial charge in [0.25, 0.3) is 5.91 Å². The molecule has 1 N–H and O–H groups in total. The van der Waals surface area contributed by atoms with Gasteiger partial charge < -0.3 is 19.3 Å². The van der Waals surface area contributed by atoms with Crippen LogP contribution < -0.4 is 9.47 Å². The highest BCUT2D eigenvalue weighted by Crippen LogP contribution is 2.37. The number of hydrogen-bond acceptors (Lipinski definition) is 7. The van der Waals surface area contributed by atoms with E-state index < -0.39 is 24.5 Å². The van der Waals surface area contributed by atoms with E-state index in [1.807, 2.05) is 60.7 Å². The van der Waals surface area contributed by atoms with Crippen molar-refractivity contribution < 1.29 is 28.9 Å². The summed E-state index contributed by atoms with van der Waals surface area (Å²) in [6, 6.07) is 25.3. The van der Waals surface area contributed by atoms with Gasteiger partial charge in [0, 0.05) is 13.0 Å². The van der Waals surface area contributed by atoms with Gasteiger partial charge in [-0.3, -0.25) is 14.5 Å². The van der Waals surface area contributed by atoms with Crippen LogP contribution in [0.4, 0.5) is 0 Å². The summed E-state index contributed by atoms with van der Waals surface area (Å²) < 4.78 is 18.3. The summed E-state index contributed by atoms with van der Waals surface area (Å²) in [5.74, 6) is -0.354. The first kappa shape index (κ1) is 28.4. The lowest BCUT2D eigenvalue weighted by atomic mass is 10.0. The average Bonchev–Trinajstić information content (AvgIpc) is 3.20. The third-order valence-electron chi connectivity index (χ3n) is 6.05. The molecule has 3 aromatic carbocycles. The topological polar surface area (TPSA) is 85.3 Å². The van der Waals surface area contributed by atoms with Gasteiger partial charge in [-0.2, -0.15) is 0 Å². The van der Waals surface area contributed by atoms with Crippen LogP contribution in [0.1, 0.15) is 35.6 Å². The van der Waals surface area contributed by atoms with Gasteiger partial charge >= 0.3 is 5.97 Å². The Kier molecular flexibility index (Phi) is 9.75. The molecule has 4 rings (SSSR count). The Labute approximate surface area is 237 Å². The number of ether oxygens (including phenoxy) is 3. The van der Waals surface area contributed by atoms with Gasteiger partial charge in [0.15, 0.2) is 11.5 Å². The van der Waals surface area contributed by atoms with Crippen molar-refractivity contribution in [3.8, 4) is 11.5 Å². The minimum absolute atomic E-state index is 0.151. The molecule has 1 aliphatic rings. The van der Waals surface area contributed by atoms with Crippen LogP contribution in [0.3, 0.4) is 0 Å². The first-order chi connectivity index (χ1) is 18.9. The van der Waals surface area contributed by atoms with Crippen molar-refractivity contribution in [2.45, 2.75) is 18.9 Å². The normalized spacial score (nSPS) is 15.8. The molecule has 1 saturated heterocycles. The minimum atomic E-state index is -1.13. The van der Waals surface area contributed by atoms with Crippen LogP contribution >= 0.6 is 24.0 Å². The second-order valence-electron chi connectivity index (χ2n) is 8.96. The third kappa shape index (κ3) is 7.47. The smallest absolute Gasteiger partial charge is 0.323 e. The first-order valence-corrected chi connectivity index (χ1v) is 13.6. The lowest BCUT2D eigenvalue weighted by molar-refractivity contribution is -0.140. The van der Waals surface area contributed by atoms with Gasteiger partial charge in [-0.1, -0.05) is 97.6 Å². The summed E-state index contributed by atoms with van der Waals surface area (Å²) in [5.41, 5.74) is 2.80. The molecule has 1 fully saturated rings. The number of thiocarbonyl (C=S) groups is 1. The standard InChI is InChI=1S/C30H29NO6S2/c1-20(22-9-5-3-6-10-22)18-36-24-14-13-21(16-27-29(34)31(17-28(32)33)30(38)39-27)15-25(24)37-26(19-35-2)23-11-7-4-8-12-23/h3-16,20,26H,17-19H2,1-2H3,(H,32,33)/t20-,26?/m1/s1. The van der Waals surface area contributed by atoms with Crippen LogP contribution in [0.5, 0.6) is 11.5 Å². The number of rotatable bonds is 12. The number of carboxylic acids is 1. The van der Waals surface area contributed by atoms with Crippen LogP contribution in [-0.2, 0) is 14.3 Å². The molecule has 0 radical (unpaired) electrons. The summed E-state index contributed by atoms with van der Waals surface area (Å²) >= 11 is 6.29. The molecule has 202 valence electrons. The van der Waals surface area contributed by atoms with E-state index in [-0.39, 0.29) is 10.2 Å². The van der Waals surface area contributed by atoms with Crippen molar-refractivity contribution >= 4 is 46.3 Å². The van der Waals surface area contributed by atoms with Crippen molar-refractivity contribution in [3.05, 3.63) is 100 Å². The van der Waals surface area contributed by atoms with Crippen LogP contribution in [0.2, 0.25) is 0 Å². The zero-order chi connectivity index (χ0) is 27.8. The van der Waals surface area contributed by atoms with Gasteiger partial charge in [0.1, 0.15) is 17.0 Å². The van der Waals surface area contributed by atoms with E-state index in [9.17, 15) is 9.59 Å². The van der Waals surface area contributed by atoms with E-state index in [4.69, 9.17) is 31.5 Å². The maximum absolute atomic E-state index is 12.8. The number of hydrogen-bond donors (Lipinski definition) is 1. The lowest BCUT2D eigenvalue weighted by Crippen LogP contribution is -2.33. The maximum atomic E-state index is 12.8. The summed E-state index contributed by atoms with van der Waals surface area (Å²) in [4.78, 5) is 25.3. The van der Waals surface area contributed by atoms with E-state index in [2.05, 4.69) is 19.1 Å². The molecular weight excluding hydrogens is 534 g/mol. The van der Waals surface area contributed by atoms with Crippen LogP contribution in [0, 0.1) is 0 Å². The van der Waals surface area contributed by atoms with Gasteiger partial charge in [0.2, 0.25) is 0 Å². The van der Waals surface area contributed by atoms with Gasteiger partial charge in [-0.15, -0.1) is 0 Å². The Hall–Kier alpha value is -3.66. The zero-order valence-electron chi connectivity index (χ0n) is 21.6. The second kappa shape index (κ2) is 13.4. The van der Waals surface area contributed by atoms with E-state index >= 15 is 0 Å². The van der Waals surface area contributed by atoms with E-state index in [0.29, 0.717) is 35.2 Å². The molecule has 1 heterocycles. The molecule has 2 atom stereocenters. The van der Waals surface area contributed by atoms with E-state index in [1.54, 1.807) is 19.3 Å². The summed E-state index contributed by atoms with van der Waals surface area (Å²) in [7, 11) is 1.62. The molecule has 0 bridgehead atoms. The minimum Gasteiger partial charge on any atom is -0.489 e. The number of carbonyl (C=O) groups is 2. The molecule has 0 spiro atoms. The molecule has 0 aromatic heterocycles. The predicted octanol–water partition coefficient (Wildman–Crippen LogP) is 5.92. The van der Waals surface area contributed by atoms with Gasteiger partial charge in [-0.05, 0) is 34.9 Å². The second-order valence-corrected chi connectivity index (χ2v) is 10.6. The number of benzene rings is 3. The fraction of sp³-hybridized carbons (Fsp3) is 0.233. The monoisotopic (exact) mass is 563 g/mol. The van der Waals surface area contributed by atoms with Crippen molar-refractivity contribution in [1.29, 1.82) is 0 Å². The summed E-state index contributed by atoms with van der Waals surface area (Å²) in [6.07, 6.45) is 1.28. The Morgan fingerprint density at radius 3 is 2.31 bits per heavy atom. The number of amides is 1. The highest BCUT2D eigenvalue weighted by atomic mass is 32.2. The molecular formula is C30H29NO6S2. The molecule has 7 nitrogen and oxygen atoms in total. The largest absolute Gasteiger partial charge is 0.489 e. The Morgan fingerprint density at radius 2 is 1.67 bits per heavy atom. The average molecular weight is 564 g/mol. The molecule has 0 saturated carbocycles. The molecule has 39 heavy (non-hydrogen) atoms. The molecule has 9 heteroatoms. The highest BCUT2D eigenvalue weighted by molar-refractivity contribution is 8.26. The summed E-state index contributed by atoms with van der Waals surface area (Å²) in [6.45, 7) is 2.38. The Balaban J connectivity index is 1.63. The number of methoxy groups -OCH3 is 1. The van der Waals surface area contributed by atoms with E-state index in [1.165, 1.54) is 5.56 Å². The molecule has 1 amide bonds.